The van der Waals surface area contributed by atoms with Crippen LogP contribution < -0.4 is 19.5 Å². The van der Waals surface area contributed by atoms with Crippen molar-refractivity contribution in [1.82, 2.24) is 4.98 Å². The normalized spacial score (nSPS) is 12.6. The van der Waals surface area contributed by atoms with E-state index in [-0.39, 0.29) is 11.6 Å². The summed E-state index contributed by atoms with van der Waals surface area (Å²) < 4.78 is 36.6. The quantitative estimate of drug-likeness (QED) is 0.382. The van der Waals surface area contributed by atoms with Crippen molar-refractivity contribution in [2.24, 2.45) is 10.7 Å². The molecule has 0 saturated heterocycles. The third-order valence-corrected chi connectivity index (χ3v) is 7.03. The van der Waals surface area contributed by atoms with Gasteiger partial charge in [0.1, 0.15) is 5.54 Å². The van der Waals surface area contributed by atoms with Crippen molar-refractivity contribution in [3.05, 3.63) is 42.0 Å². The molecular formula is C24H30N4O6S. The Balaban J connectivity index is 2.08. The lowest BCUT2D eigenvalue weighted by Gasteiger charge is -2.35. The van der Waals surface area contributed by atoms with Crippen LogP contribution in [0.3, 0.4) is 0 Å². The molecule has 4 N–H and O–H groups in total. The van der Waals surface area contributed by atoms with Crippen molar-refractivity contribution < 1.29 is 27.8 Å². The number of nitrogens with one attached hydrogen (secondary N) is 1. The Kier molecular flexibility index (Phi) is 7.02. The molecule has 1 amide bonds. The zero-order valence-corrected chi connectivity index (χ0v) is 21.4. The molecule has 0 atom stereocenters. The second-order valence-electron chi connectivity index (χ2n) is 8.48. The average Bonchev–Trinajstić information content (AvgIpc) is 3.10. The van der Waals surface area contributed by atoms with Gasteiger partial charge in [-0.05, 0) is 50.6 Å². The SMILES string of the molecule is CCC(=Nc1ccc(N(C(C)(C)C(N)=O)S(C)(=O)=O)cc1)c1c(O)[nH]c2cc(OC)c(OC)cc12. The highest BCUT2D eigenvalue weighted by Gasteiger charge is 2.39. The maximum absolute atomic E-state index is 12.4. The van der Waals surface area contributed by atoms with Gasteiger partial charge in [-0.25, -0.2) is 8.42 Å². The molecule has 0 saturated carbocycles. The number of aromatic nitrogens is 1. The lowest BCUT2D eigenvalue weighted by Crippen LogP contribution is -2.55. The number of benzene rings is 2. The minimum Gasteiger partial charge on any atom is -0.494 e. The van der Waals surface area contributed by atoms with Crippen LogP contribution in [-0.2, 0) is 14.8 Å². The number of ether oxygens (including phenoxy) is 2. The first-order valence-electron chi connectivity index (χ1n) is 10.8. The standard InChI is InChI=1S/C24H30N4O6S/c1-7-17(21-16-12-19(33-4)20(34-5)13-18(16)27-22(21)29)26-14-8-10-15(11-9-14)28(35(6,31)32)24(2,3)23(25)30/h8-13,27,29H,7H2,1-6H3,(H2,25,30). The third kappa shape index (κ3) is 4.90. The number of carbonyl (C=O) groups is 1. The van der Waals surface area contributed by atoms with Gasteiger partial charge in [0.2, 0.25) is 15.9 Å². The lowest BCUT2D eigenvalue weighted by molar-refractivity contribution is -0.121. The molecule has 11 heteroatoms. The van der Waals surface area contributed by atoms with E-state index in [1.54, 1.807) is 36.4 Å². The van der Waals surface area contributed by atoms with E-state index < -0.39 is 21.5 Å². The maximum Gasteiger partial charge on any atom is 0.243 e. The van der Waals surface area contributed by atoms with Crippen molar-refractivity contribution in [2.45, 2.75) is 32.7 Å². The molecule has 1 heterocycles. The van der Waals surface area contributed by atoms with E-state index in [9.17, 15) is 18.3 Å². The molecule has 0 aliphatic rings. The van der Waals surface area contributed by atoms with Gasteiger partial charge in [0.05, 0.1) is 48.6 Å². The summed E-state index contributed by atoms with van der Waals surface area (Å²) in [5.74, 6) is 0.213. The number of aromatic hydroxyl groups is 1. The van der Waals surface area contributed by atoms with E-state index in [2.05, 4.69) is 4.98 Å². The van der Waals surface area contributed by atoms with E-state index in [1.807, 2.05) is 6.92 Å². The van der Waals surface area contributed by atoms with Crippen molar-refractivity contribution >= 4 is 43.9 Å². The first-order chi connectivity index (χ1) is 16.3. The minimum atomic E-state index is -3.80. The van der Waals surface area contributed by atoms with E-state index in [1.165, 1.54) is 28.1 Å². The minimum absolute atomic E-state index is 0.0426. The van der Waals surface area contributed by atoms with Crippen LogP contribution in [0.4, 0.5) is 11.4 Å². The number of sulfonamides is 1. The molecule has 35 heavy (non-hydrogen) atoms. The van der Waals surface area contributed by atoms with E-state index in [4.69, 9.17) is 20.2 Å². The lowest BCUT2D eigenvalue weighted by atomic mass is 10.0. The fourth-order valence-electron chi connectivity index (χ4n) is 3.96. The van der Waals surface area contributed by atoms with E-state index in [0.717, 1.165) is 10.6 Å². The van der Waals surface area contributed by atoms with Crippen molar-refractivity contribution in [1.29, 1.82) is 0 Å². The number of hydrogen-bond donors (Lipinski definition) is 3. The second-order valence-corrected chi connectivity index (χ2v) is 10.3. The van der Waals surface area contributed by atoms with Crippen LogP contribution in [0.2, 0.25) is 0 Å². The Morgan fingerprint density at radius 1 is 1.14 bits per heavy atom. The molecule has 188 valence electrons. The first kappa shape index (κ1) is 25.9. The van der Waals surface area contributed by atoms with Crippen molar-refractivity contribution in [3.8, 4) is 17.4 Å². The van der Waals surface area contributed by atoms with Crippen LogP contribution in [0.25, 0.3) is 10.9 Å². The summed E-state index contributed by atoms with van der Waals surface area (Å²) >= 11 is 0. The highest BCUT2D eigenvalue weighted by molar-refractivity contribution is 7.92. The van der Waals surface area contributed by atoms with E-state index in [0.29, 0.717) is 45.8 Å². The number of H-pyrrole nitrogens is 1. The highest BCUT2D eigenvalue weighted by Crippen LogP contribution is 2.38. The molecule has 3 aromatic rings. The van der Waals surface area contributed by atoms with Gasteiger partial charge in [0, 0.05) is 11.5 Å². The summed E-state index contributed by atoms with van der Waals surface area (Å²) in [6, 6.07) is 9.89. The smallest absolute Gasteiger partial charge is 0.243 e. The Bertz CT molecular complexity index is 1390. The van der Waals surface area contributed by atoms with Gasteiger partial charge in [-0.2, -0.15) is 0 Å². The number of hydrogen-bond acceptors (Lipinski definition) is 7. The van der Waals surface area contributed by atoms with Crippen LogP contribution in [0, 0.1) is 0 Å². The van der Waals surface area contributed by atoms with E-state index >= 15 is 0 Å². The third-order valence-electron chi connectivity index (χ3n) is 5.70. The maximum atomic E-state index is 12.4. The predicted molar refractivity (Wildman–Crippen MR) is 137 cm³/mol. The summed E-state index contributed by atoms with van der Waals surface area (Å²) in [5, 5.41) is 11.4. The summed E-state index contributed by atoms with van der Waals surface area (Å²) in [4.78, 5) is 19.6. The number of nitrogens with zero attached hydrogens (tertiary/aromatic N) is 2. The monoisotopic (exact) mass is 502 g/mol. The number of fused-ring (bicyclic) bond motifs is 1. The zero-order chi connectivity index (χ0) is 26.1. The number of aromatic amines is 1. The predicted octanol–water partition coefficient (Wildman–Crippen LogP) is 3.45. The molecule has 0 aliphatic heterocycles. The molecule has 0 bridgehead atoms. The summed E-state index contributed by atoms with van der Waals surface area (Å²) in [6.45, 7) is 4.80. The average molecular weight is 503 g/mol. The fourth-order valence-corrected chi connectivity index (χ4v) is 5.38. The molecule has 0 radical (unpaired) electrons. The van der Waals surface area contributed by atoms with Gasteiger partial charge < -0.3 is 25.3 Å². The van der Waals surface area contributed by atoms with Gasteiger partial charge in [-0.15, -0.1) is 0 Å². The summed E-state index contributed by atoms with van der Waals surface area (Å²) in [6.07, 6.45) is 1.52. The van der Waals surface area contributed by atoms with Crippen molar-refractivity contribution in [2.75, 3.05) is 24.8 Å². The first-order valence-corrected chi connectivity index (χ1v) is 12.6. The number of primary amides is 1. The molecule has 0 spiro atoms. The Hall–Kier alpha value is -3.73. The van der Waals surface area contributed by atoms with Crippen LogP contribution in [-0.4, -0.2) is 56.1 Å². The zero-order valence-electron chi connectivity index (χ0n) is 20.5. The van der Waals surface area contributed by atoms with Gasteiger partial charge >= 0.3 is 0 Å². The fraction of sp³-hybridized carbons (Fsp3) is 0.333. The molecule has 0 unspecified atom stereocenters. The summed E-state index contributed by atoms with van der Waals surface area (Å²) in [7, 11) is -0.735. The number of amides is 1. The molecule has 3 rings (SSSR count). The van der Waals surface area contributed by atoms with Gasteiger partial charge in [-0.1, -0.05) is 6.92 Å². The number of rotatable bonds is 9. The molecular weight excluding hydrogens is 472 g/mol. The highest BCUT2D eigenvalue weighted by atomic mass is 32.2. The Morgan fingerprint density at radius 3 is 2.20 bits per heavy atom. The number of aliphatic imine (C=N–C) groups is 1. The van der Waals surface area contributed by atoms with Crippen LogP contribution >= 0.6 is 0 Å². The topological polar surface area (TPSA) is 147 Å². The van der Waals surface area contributed by atoms with Crippen LogP contribution in [0.5, 0.6) is 17.4 Å². The molecule has 1 aromatic heterocycles. The summed E-state index contributed by atoms with van der Waals surface area (Å²) in [5.41, 5.74) is 6.59. The molecule has 10 nitrogen and oxygen atoms in total. The van der Waals surface area contributed by atoms with Crippen LogP contribution in [0.15, 0.2) is 41.4 Å². The molecule has 0 fully saturated rings. The molecule has 0 aliphatic carbocycles. The number of methoxy groups -OCH3 is 2. The Labute approximate surface area is 204 Å². The number of carbonyl (C=O) groups excluding carboxylic acids is 1. The van der Waals surface area contributed by atoms with Gasteiger partial charge in [0.15, 0.2) is 17.4 Å². The number of nitrogens with two attached hydrogens (primary N) is 1. The van der Waals surface area contributed by atoms with Crippen molar-refractivity contribution in [3.63, 3.8) is 0 Å². The Morgan fingerprint density at radius 2 is 1.71 bits per heavy atom. The largest absolute Gasteiger partial charge is 0.494 e. The second kappa shape index (κ2) is 9.49. The van der Waals surface area contributed by atoms with Gasteiger partial charge in [0.25, 0.3) is 0 Å². The molecule has 2 aromatic carbocycles. The van der Waals surface area contributed by atoms with Gasteiger partial charge in [-0.3, -0.25) is 14.1 Å². The number of anilines is 1. The van der Waals surface area contributed by atoms with Crippen LogP contribution in [0.1, 0.15) is 32.8 Å².